The summed E-state index contributed by atoms with van der Waals surface area (Å²) in [5, 5.41) is 0.655. The molecule has 2 aromatic heterocycles. The van der Waals surface area contributed by atoms with E-state index in [1.165, 1.54) is 10.6 Å². The Morgan fingerprint density at radius 3 is 2.71 bits per heavy atom. The third kappa shape index (κ3) is 3.20. The number of hydrogen-bond donors (Lipinski definition) is 0. The molecule has 5 nitrogen and oxygen atoms in total. The Hall–Kier alpha value is -3.80. The van der Waals surface area contributed by atoms with E-state index in [1.807, 2.05) is 31.2 Å². The number of amides is 1. The highest BCUT2D eigenvalue weighted by Gasteiger charge is 2.33. The quantitative estimate of drug-likeness (QED) is 0.506. The molecule has 1 aliphatic heterocycles. The lowest BCUT2D eigenvalue weighted by molar-refractivity contribution is 0.0979. The van der Waals surface area contributed by atoms with E-state index < -0.39 is 11.4 Å². The first-order valence-corrected chi connectivity index (χ1v) is 10.2. The van der Waals surface area contributed by atoms with Crippen LogP contribution in [0.15, 0.2) is 77.7 Å². The average molecular weight is 413 g/mol. The largest absolute Gasteiger partial charge is 0.305 e. The second-order valence-electron chi connectivity index (χ2n) is 7.81. The van der Waals surface area contributed by atoms with Gasteiger partial charge < -0.3 is 4.90 Å². The summed E-state index contributed by atoms with van der Waals surface area (Å²) in [6.45, 7) is 1.96. The highest BCUT2D eigenvalue weighted by atomic mass is 19.1. The summed E-state index contributed by atoms with van der Waals surface area (Å²) >= 11 is 0. The van der Waals surface area contributed by atoms with Crippen LogP contribution in [0.1, 0.15) is 28.4 Å². The van der Waals surface area contributed by atoms with Crippen molar-refractivity contribution in [1.29, 1.82) is 0 Å². The van der Waals surface area contributed by atoms with E-state index in [0.29, 0.717) is 16.6 Å². The van der Waals surface area contributed by atoms with Gasteiger partial charge in [-0.25, -0.2) is 9.37 Å². The van der Waals surface area contributed by atoms with Crippen molar-refractivity contribution in [3.63, 3.8) is 0 Å². The summed E-state index contributed by atoms with van der Waals surface area (Å²) in [7, 11) is 0. The van der Waals surface area contributed by atoms with E-state index in [-0.39, 0.29) is 24.1 Å². The van der Waals surface area contributed by atoms with Crippen LogP contribution in [0.4, 0.5) is 10.1 Å². The summed E-state index contributed by atoms with van der Waals surface area (Å²) in [6, 6.07) is 19.1. The molecule has 0 saturated carbocycles. The molecule has 2 aromatic carbocycles. The lowest BCUT2D eigenvalue weighted by atomic mass is 10.1. The van der Waals surface area contributed by atoms with Gasteiger partial charge in [-0.1, -0.05) is 36.4 Å². The maximum absolute atomic E-state index is 14.3. The standard InChI is InChI=1S/C25H20FN3O2/c1-16-13-17-7-3-5-11-22(17)29(16)25(31)20-14-18-9-6-12-27-23(18)28(24(20)30)15-19-8-2-4-10-21(19)26/h2-12,14,16H,13,15H2,1H3. The molecular formula is C25H20FN3O2. The Bertz CT molecular complexity index is 1380. The van der Waals surface area contributed by atoms with Gasteiger partial charge >= 0.3 is 0 Å². The van der Waals surface area contributed by atoms with Crippen molar-refractivity contribution < 1.29 is 9.18 Å². The van der Waals surface area contributed by atoms with Crippen molar-refractivity contribution in [3.05, 3.63) is 106 Å². The molecule has 0 fully saturated rings. The zero-order chi connectivity index (χ0) is 21.5. The van der Waals surface area contributed by atoms with Gasteiger partial charge in [-0.2, -0.15) is 0 Å². The van der Waals surface area contributed by atoms with Crippen molar-refractivity contribution in [2.75, 3.05) is 4.90 Å². The van der Waals surface area contributed by atoms with Crippen LogP contribution >= 0.6 is 0 Å². The van der Waals surface area contributed by atoms with E-state index in [4.69, 9.17) is 0 Å². The summed E-state index contributed by atoms with van der Waals surface area (Å²) < 4.78 is 15.7. The third-order valence-corrected chi connectivity index (χ3v) is 5.79. The van der Waals surface area contributed by atoms with Gasteiger partial charge in [-0.15, -0.1) is 0 Å². The smallest absolute Gasteiger partial charge is 0.265 e. The van der Waals surface area contributed by atoms with Gasteiger partial charge in [0.15, 0.2) is 0 Å². The van der Waals surface area contributed by atoms with E-state index in [0.717, 1.165) is 17.7 Å². The predicted octanol–water partition coefficient (Wildman–Crippen LogP) is 4.18. The normalized spacial score (nSPS) is 15.3. The number of aromatic nitrogens is 2. The van der Waals surface area contributed by atoms with Gasteiger partial charge in [0.2, 0.25) is 0 Å². The van der Waals surface area contributed by atoms with Crippen molar-refractivity contribution in [2.24, 2.45) is 0 Å². The lowest BCUT2D eigenvalue weighted by Gasteiger charge is -2.23. The number of anilines is 1. The van der Waals surface area contributed by atoms with Gasteiger partial charge in [-0.3, -0.25) is 14.2 Å². The van der Waals surface area contributed by atoms with Crippen LogP contribution in [-0.2, 0) is 13.0 Å². The van der Waals surface area contributed by atoms with E-state index in [1.54, 1.807) is 47.5 Å². The molecule has 4 aromatic rings. The van der Waals surface area contributed by atoms with Crippen molar-refractivity contribution in [2.45, 2.75) is 25.9 Å². The SMILES string of the molecule is CC1Cc2ccccc2N1C(=O)c1cc2cccnc2n(Cc2ccccc2F)c1=O. The number of para-hydroxylation sites is 1. The predicted molar refractivity (Wildman–Crippen MR) is 118 cm³/mol. The van der Waals surface area contributed by atoms with Crippen LogP contribution < -0.4 is 10.5 Å². The maximum atomic E-state index is 14.3. The van der Waals surface area contributed by atoms with Crippen LogP contribution in [0.5, 0.6) is 0 Å². The van der Waals surface area contributed by atoms with Crippen LogP contribution in [-0.4, -0.2) is 21.5 Å². The van der Waals surface area contributed by atoms with E-state index in [9.17, 15) is 14.0 Å². The molecule has 31 heavy (non-hydrogen) atoms. The van der Waals surface area contributed by atoms with Gasteiger partial charge in [0.05, 0.1) is 6.54 Å². The van der Waals surface area contributed by atoms with Gasteiger partial charge in [0.1, 0.15) is 17.0 Å². The van der Waals surface area contributed by atoms with Gasteiger partial charge in [0.25, 0.3) is 11.5 Å². The number of nitrogens with zero attached hydrogens (tertiary/aromatic N) is 3. The Labute approximate surface area is 178 Å². The molecule has 1 unspecified atom stereocenters. The number of halogens is 1. The number of pyridine rings is 2. The van der Waals surface area contributed by atoms with E-state index >= 15 is 0 Å². The average Bonchev–Trinajstić information content (AvgIpc) is 3.12. The van der Waals surface area contributed by atoms with Crippen molar-refractivity contribution in [3.8, 4) is 0 Å². The highest BCUT2D eigenvalue weighted by molar-refractivity contribution is 6.08. The van der Waals surface area contributed by atoms with E-state index in [2.05, 4.69) is 4.98 Å². The lowest BCUT2D eigenvalue weighted by Crippen LogP contribution is -2.40. The number of fused-ring (bicyclic) bond motifs is 2. The molecule has 0 radical (unpaired) electrons. The molecule has 0 bridgehead atoms. The molecule has 0 saturated heterocycles. The summed E-state index contributed by atoms with van der Waals surface area (Å²) in [5.74, 6) is -0.757. The van der Waals surface area contributed by atoms with Crippen LogP contribution in [0.25, 0.3) is 11.0 Å². The summed E-state index contributed by atoms with van der Waals surface area (Å²) in [4.78, 5) is 33.1. The molecule has 1 atom stereocenters. The third-order valence-electron chi connectivity index (χ3n) is 5.79. The fourth-order valence-electron chi connectivity index (χ4n) is 4.31. The minimum absolute atomic E-state index is 0.00766. The molecule has 6 heteroatoms. The Morgan fingerprint density at radius 2 is 1.87 bits per heavy atom. The van der Waals surface area contributed by atoms with Gasteiger partial charge in [-0.05, 0) is 49.2 Å². The number of carbonyl (C=O) groups excluding carboxylic acids is 1. The Kier molecular flexibility index (Phi) is 4.62. The van der Waals surface area contributed by atoms with Crippen LogP contribution in [0.2, 0.25) is 0 Å². The number of hydrogen-bond acceptors (Lipinski definition) is 3. The minimum Gasteiger partial charge on any atom is -0.305 e. The molecule has 0 aliphatic carbocycles. The molecule has 3 heterocycles. The second kappa shape index (κ2) is 7.47. The van der Waals surface area contributed by atoms with Crippen molar-refractivity contribution >= 4 is 22.6 Å². The molecule has 0 spiro atoms. The Balaban J connectivity index is 1.67. The molecule has 5 rings (SSSR count). The monoisotopic (exact) mass is 413 g/mol. The minimum atomic E-state index is -0.476. The maximum Gasteiger partial charge on any atom is 0.265 e. The fraction of sp³-hybridized carbons (Fsp3) is 0.160. The number of rotatable bonds is 3. The van der Waals surface area contributed by atoms with Crippen LogP contribution in [0.3, 0.4) is 0 Å². The molecule has 1 amide bonds. The fourth-order valence-corrected chi connectivity index (χ4v) is 4.31. The second-order valence-corrected chi connectivity index (χ2v) is 7.81. The zero-order valence-corrected chi connectivity index (χ0v) is 17.0. The first-order chi connectivity index (χ1) is 15.0. The molecule has 154 valence electrons. The number of benzene rings is 2. The summed E-state index contributed by atoms with van der Waals surface area (Å²) in [5.41, 5.74) is 2.27. The number of carbonyl (C=O) groups is 1. The zero-order valence-electron chi connectivity index (χ0n) is 17.0. The Morgan fingerprint density at radius 1 is 1.10 bits per heavy atom. The molecule has 0 N–H and O–H groups in total. The topological polar surface area (TPSA) is 55.2 Å². The highest BCUT2D eigenvalue weighted by Crippen LogP contribution is 2.33. The molecule has 1 aliphatic rings. The first-order valence-electron chi connectivity index (χ1n) is 10.2. The van der Waals surface area contributed by atoms with Crippen molar-refractivity contribution in [1.82, 2.24) is 9.55 Å². The first kappa shape index (κ1) is 19.2. The van der Waals surface area contributed by atoms with Gasteiger partial charge in [0, 0.05) is 28.9 Å². The molecular weight excluding hydrogens is 393 g/mol. The van der Waals surface area contributed by atoms with Crippen LogP contribution in [0, 0.1) is 5.82 Å². The summed E-state index contributed by atoms with van der Waals surface area (Å²) in [6.07, 6.45) is 2.32.